The van der Waals surface area contributed by atoms with Gasteiger partial charge in [0.05, 0.1) is 5.69 Å². The van der Waals surface area contributed by atoms with Crippen molar-refractivity contribution in [3.8, 4) is 0 Å². The Kier molecular flexibility index (Phi) is 6.13. The predicted molar refractivity (Wildman–Crippen MR) is 79.0 cm³/mol. The molecule has 102 valence electrons. The number of pyridine rings is 1. The smallest absolute Gasteiger partial charge is 0.128 e. The Bertz CT molecular complexity index is 349. The second kappa shape index (κ2) is 7.37. The maximum absolute atomic E-state index is 4.71. The Morgan fingerprint density at radius 1 is 1.28 bits per heavy atom. The van der Waals surface area contributed by atoms with Crippen LogP contribution in [0, 0.1) is 0 Å². The first-order chi connectivity index (χ1) is 8.54. The Hall–Kier alpha value is -1.09. The molecule has 3 nitrogen and oxygen atoms in total. The summed E-state index contributed by atoms with van der Waals surface area (Å²) in [4.78, 5) is 6.98. The molecular formula is C15H27N3. The largest absolute Gasteiger partial charge is 0.357 e. The highest BCUT2D eigenvalue weighted by Crippen LogP contribution is 2.15. The van der Waals surface area contributed by atoms with E-state index in [1.165, 1.54) is 12.8 Å². The number of hydrogen-bond acceptors (Lipinski definition) is 3. The lowest BCUT2D eigenvalue weighted by molar-refractivity contribution is 0.578. The van der Waals surface area contributed by atoms with Crippen LogP contribution in [0.1, 0.15) is 46.2 Å². The van der Waals surface area contributed by atoms with Crippen LogP contribution in [-0.2, 0) is 6.54 Å². The van der Waals surface area contributed by atoms with Gasteiger partial charge in [-0.25, -0.2) is 4.98 Å². The molecule has 0 amide bonds. The van der Waals surface area contributed by atoms with Crippen molar-refractivity contribution in [2.24, 2.45) is 0 Å². The lowest BCUT2D eigenvalue weighted by Crippen LogP contribution is -2.30. The molecule has 3 heteroatoms. The van der Waals surface area contributed by atoms with E-state index in [2.05, 4.69) is 63.2 Å². The third-order valence-corrected chi connectivity index (χ3v) is 3.21. The fourth-order valence-corrected chi connectivity index (χ4v) is 1.91. The lowest BCUT2D eigenvalue weighted by Gasteiger charge is -2.26. The number of anilines is 1. The molecule has 0 spiro atoms. The van der Waals surface area contributed by atoms with Gasteiger partial charge in [-0.2, -0.15) is 0 Å². The first kappa shape index (κ1) is 15.0. The van der Waals surface area contributed by atoms with Crippen molar-refractivity contribution in [1.82, 2.24) is 10.3 Å². The molecule has 0 aromatic carbocycles. The predicted octanol–water partition coefficient (Wildman–Crippen LogP) is 3.20. The zero-order valence-corrected chi connectivity index (χ0v) is 12.4. The van der Waals surface area contributed by atoms with Crippen LogP contribution in [0.15, 0.2) is 18.2 Å². The highest BCUT2D eigenvalue weighted by Gasteiger charge is 2.10. The SMILES string of the molecule is CCCC(C)N(C)c1cccc(CNC(C)C)n1. The summed E-state index contributed by atoms with van der Waals surface area (Å²) in [5.74, 6) is 1.07. The quantitative estimate of drug-likeness (QED) is 0.804. The topological polar surface area (TPSA) is 28.2 Å². The maximum Gasteiger partial charge on any atom is 0.128 e. The van der Waals surface area contributed by atoms with Gasteiger partial charge in [-0.1, -0.05) is 33.3 Å². The van der Waals surface area contributed by atoms with Gasteiger partial charge in [0.25, 0.3) is 0 Å². The van der Waals surface area contributed by atoms with Crippen LogP contribution in [0.3, 0.4) is 0 Å². The van der Waals surface area contributed by atoms with E-state index in [9.17, 15) is 0 Å². The van der Waals surface area contributed by atoms with Gasteiger partial charge in [0, 0.05) is 25.7 Å². The van der Waals surface area contributed by atoms with E-state index in [0.717, 1.165) is 18.1 Å². The van der Waals surface area contributed by atoms with Gasteiger partial charge >= 0.3 is 0 Å². The first-order valence-corrected chi connectivity index (χ1v) is 6.96. The number of nitrogens with one attached hydrogen (secondary N) is 1. The van der Waals surface area contributed by atoms with E-state index in [0.29, 0.717) is 12.1 Å². The van der Waals surface area contributed by atoms with Gasteiger partial charge in [-0.15, -0.1) is 0 Å². The van der Waals surface area contributed by atoms with Gasteiger partial charge in [0.2, 0.25) is 0 Å². The number of rotatable bonds is 7. The van der Waals surface area contributed by atoms with Crippen LogP contribution < -0.4 is 10.2 Å². The van der Waals surface area contributed by atoms with Crippen molar-refractivity contribution in [1.29, 1.82) is 0 Å². The fraction of sp³-hybridized carbons (Fsp3) is 0.667. The maximum atomic E-state index is 4.71. The molecule has 0 aliphatic rings. The number of nitrogens with zero attached hydrogens (tertiary/aromatic N) is 2. The molecule has 1 atom stereocenters. The van der Waals surface area contributed by atoms with Crippen molar-refractivity contribution >= 4 is 5.82 Å². The molecule has 1 heterocycles. The Morgan fingerprint density at radius 3 is 2.61 bits per heavy atom. The lowest BCUT2D eigenvalue weighted by atomic mass is 10.2. The average molecular weight is 249 g/mol. The standard InChI is InChI=1S/C15H27N3/c1-6-8-13(4)18(5)15-10-7-9-14(17-15)11-16-12(2)3/h7,9-10,12-13,16H,6,8,11H2,1-5H3. The molecule has 18 heavy (non-hydrogen) atoms. The van der Waals surface area contributed by atoms with Crippen LogP contribution in [-0.4, -0.2) is 24.1 Å². The monoisotopic (exact) mass is 249 g/mol. The third-order valence-electron chi connectivity index (χ3n) is 3.21. The molecule has 0 aliphatic heterocycles. The summed E-state index contributed by atoms with van der Waals surface area (Å²) in [6.45, 7) is 9.62. The van der Waals surface area contributed by atoms with E-state index in [-0.39, 0.29) is 0 Å². The second-order valence-corrected chi connectivity index (χ2v) is 5.27. The molecule has 1 unspecified atom stereocenters. The summed E-state index contributed by atoms with van der Waals surface area (Å²) in [6.07, 6.45) is 2.41. The highest BCUT2D eigenvalue weighted by atomic mass is 15.2. The van der Waals surface area contributed by atoms with Gasteiger partial charge < -0.3 is 10.2 Å². The first-order valence-electron chi connectivity index (χ1n) is 6.96. The second-order valence-electron chi connectivity index (χ2n) is 5.27. The summed E-state index contributed by atoms with van der Waals surface area (Å²) < 4.78 is 0. The average Bonchev–Trinajstić information content (AvgIpc) is 2.36. The van der Waals surface area contributed by atoms with Crippen LogP contribution in [0.5, 0.6) is 0 Å². The highest BCUT2D eigenvalue weighted by molar-refractivity contribution is 5.39. The van der Waals surface area contributed by atoms with Crippen LogP contribution in [0.25, 0.3) is 0 Å². The fourth-order valence-electron chi connectivity index (χ4n) is 1.91. The van der Waals surface area contributed by atoms with Gasteiger partial charge in [-0.05, 0) is 25.5 Å². The van der Waals surface area contributed by atoms with Gasteiger partial charge in [0.15, 0.2) is 0 Å². The molecule has 0 fully saturated rings. The summed E-state index contributed by atoms with van der Waals surface area (Å²) in [6, 6.07) is 7.29. The molecule has 0 aliphatic carbocycles. The molecule has 1 aromatic rings. The third kappa shape index (κ3) is 4.65. The van der Waals surface area contributed by atoms with Crippen molar-refractivity contribution in [2.75, 3.05) is 11.9 Å². The molecule has 1 N–H and O–H groups in total. The molecular weight excluding hydrogens is 222 g/mol. The van der Waals surface area contributed by atoms with Crippen LogP contribution in [0.4, 0.5) is 5.82 Å². The van der Waals surface area contributed by atoms with Gasteiger partial charge in [-0.3, -0.25) is 0 Å². The van der Waals surface area contributed by atoms with E-state index < -0.39 is 0 Å². The van der Waals surface area contributed by atoms with E-state index >= 15 is 0 Å². The Labute approximate surface area is 112 Å². The Balaban J connectivity index is 2.68. The van der Waals surface area contributed by atoms with Crippen LogP contribution in [0.2, 0.25) is 0 Å². The molecule has 0 saturated carbocycles. The summed E-state index contributed by atoms with van der Waals surface area (Å²) >= 11 is 0. The van der Waals surface area contributed by atoms with E-state index in [1.54, 1.807) is 0 Å². The van der Waals surface area contributed by atoms with Crippen molar-refractivity contribution in [3.05, 3.63) is 23.9 Å². The summed E-state index contributed by atoms with van der Waals surface area (Å²) in [5.41, 5.74) is 1.11. The van der Waals surface area contributed by atoms with Crippen LogP contribution >= 0.6 is 0 Å². The Morgan fingerprint density at radius 2 is 2.00 bits per heavy atom. The molecule has 1 rings (SSSR count). The van der Waals surface area contributed by atoms with Crippen molar-refractivity contribution in [3.63, 3.8) is 0 Å². The summed E-state index contributed by atoms with van der Waals surface area (Å²) in [5, 5.41) is 3.40. The molecule has 0 bridgehead atoms. The van der Waals surface area contributed by atoms with Crippen molar-refractivity contribution in [2.45, 2.75) is 59.2 Å². The van der Waals surface area contributed by atoms with E-state index in [1.807, 2.05) is 0 Å². The minimum absolute atomic E-state index is 0.493. The summed E-state index contributed by atoms with van der Waals surface area (Å²) in [7, 11) is 2.13. The molecule has 1 aromatic heterocycles. The minimum Gasteiger partial charge on any atom is -0.357 e. The van der Waals surface area contributed by atoms with Crippen molar-refractivity contribution < 1.29 is 0 Å². The molecule has 0 saturated heterocycles. The number of hydrogen-bond donors (Lipinski definition) is 1. The minimum atomic E-state index is 0.493. The van der Waals surface area contributed by atoms with Gasteiger partial charge in [0.1, 0.15) is 5.82 Å². The zero-order chi connectivity index (χ0) is 13.5. The number of aromatic nitrogens is 1. The zero-order valence-electron chi connectivity index (χ0n) is 12.4. The van der Waals surface area contributed by atoms with E-state index in [4.69, 9.17) is 4.98 Å². The normalized spacial score (nSPS) is 12.8. The molecule has 0 radical (unpaired) electrons.